The third kappa shape index (κ3) is 5.85. The van der Waals surface area contributed by atoms with E-state index in [1.54, 1.807) is 0 Å². The van der Waals surface area contributed by atoms with Crippen LogP contribution in [0.3, 0.4) is 0 Å². The Bertz CT molecular complexity index is 557. The number of hydrogen-bond acceptors (Lipinski definition) is 4. The molecular weight excluding hydrogens is 314 g/mol. The minimum atomic E-state index is -0.378. The number of anilines is 1. The van der Waals surface area contributed by atoms with Gasteiger partial charge in [-0.1, -0.05) is 12.1 Å². The lowest BCUT2D eigenvalue weighted by Crippen LogP contribution is -3.16. The predicted octanol–water partition coefficient (Wildman–Crippen LogP) is -0.105. The van der Waals surface area contributed by atoms with Crippen molar-refractivity contribution in [3.63, 3.8) is 0 Å². The van der Waals surface area contributed by atoms with Crippen LogP contribution in [0.1, 0.15) is 13.8 Å². The largest absolute Gasteiger partial charge is 0.369 e. The molecule has 1 aliphatic rings. The van der Waals surface area contributed by atoms with Crippen molar-refractivity contribution in [2.24, 2.45) is 5.73 Å². The number of benzene rings is 1. The fourth-order valence-corrected chi connectivity index (χ4v) is 3.55. The van der Waals surface area contributed by atoms with Gasteiger partial charge in [0.05, 0.1) is 11.4 Å². The second kappa shape index (κ2) is 8.33. The average molecular weight is 338 g/mol. The summed E-state index contributed by atoms with van der Waals surface area (Å²) < 4.78 is 5.69. The number of carbonyl (C=O) groups is 2. The van der Waals surface area contributed by atoms with Crippen molar-refractivity contribution in [1.82, 2.24) is 0 Å². The zero-order valence-electron chi connectivity index (χ0n) is 13.5. The Morgan fingerprint density at radius 3 is 2.61 bits per heavy atom. The van der Waals surface area contributed by atoms with Crippen molar-refractivity contribution in [2.75, 3.05) is 30.7 Å². The summed E-state index contributed by atoms with van der Waals surface area (Å²) in [4.78, 5) is 25.3. The highest BCUT2D eigenvalue weighted by Crippen LogP contribution is 2.26. The minimum absolute atomic E-state index is 0.0339. The number of carbonyl (C=O) groups excluding carboxylic acids is 2. The lowest BCUT2D eigenvalue weighted by molar-refractivity contribution is -0.907. The van der Waals surface area contributed by atoms with E-state index in [0.717, 1.165) is 23.7 Å². The van der Waals surface area contributed by atoms with Crippen LogP contribution < -0.4 is 16.0 Å². The number of nitrogens with one attached hydrogen (secondary N) is 2. The lowest BCUT2D eigenvalue weighted by atomic mass is 10.2. The smallest absolute Gasteiger partial charge is 0.279 e. The Balaban J connectivity index is 1.93. The molecule has 2 rings (SSSR count). The van der Waals surface area contributed by atoms with Gasteiger partial charge in [-0.25, -0.2) is 0 Å². The number of rotatable bonds is 6. The molecule has 0 radical (unpaired) electrons. The van der Waals surface area contributed by atoms with Crippen molar-refractivity contribution in [1.29, 1.82) is 0 Å². The molecule has 7 heteroatoms. The molecule has 2 atom stereocenters. The molecule has 1 fully saturated rings. The molecule has 0 saturated carbocycles. The number of para-hydroxylation sites is 1. The van der Waals surface area contributed by atoms with E-state index in [1.807, 2.05) is 38.1 Å². The summed E-state index contributed by atoms with van der Waals surface area (Å²) in [6, 6.07) is 7.43. The van der Waals surface area contributed by atoms with Gasteiger partial charge in [-0.2, -0.15) is 0 Å². The molecule has 1 saturated heterocycles. The lowest BCUT2D eigenvalue weighted by Gasteiger charge is -2.31. The molecule has 0 aliphatic carbocycles. The van der Waals surface area contributed by atoms with Crippen LogP contribution in [-0.4, -0.2) is 49.4 Å². The molecule has 2 amide bonds. The number of morpholine rings is 1. The maximum atomic E-state index is 12.3. The van der Waals surface area contributed by atoms with Gasteiger partial charge in [0.25, 0.3) is 5.91 Å². The van der Waals surface area contributed by atoms with E-state index in [0.29, 0.717) is 6.54 Å². The van der Waals surface area contributed by atoms with Crippen LogP contribution in [0.15, 0.2) is 29.2 Å². The van der Waals surface area contributed by atoms with Crippen molar-refractivity contribution in [3.8, 4) is 0 Å². The van der Waals surface area contributed by atoms with Gasteiger partial charge in [-0.3, -0.25) is 9.59 Å². The van der Waals surface area contributed by atoms with E-state index >= 15 is 0 Å². The molecule has 1 aromatic carbocycles. The van der Waals surface area contributed by atoms with Gasteiger partial charge >= 0.3 is 0 Å². The number of quaternary nitrogens is 1. The van der Waals surface area contributed by atoms with Crippen LogP contribution in [0.25, 0.3) is 0 Å². The van der Waals surface area contributed by atoms with Gasteiger partial charge in [0.15, 0.2) is 6.54 Å². The van der Waals surface area contributed by atoms with Gasteiger partial charge in [-0.05, 0) is 26.0 Å². The average Bonchev–Trinajstić information content (AvgIpc) is 2.45. The number of hydrogen-bond donors (Lipinski definition) is 3. The molecule has 4 N–H and O–H groups in total. The van der Waals surface area contributed by atoms with Crippen molar-refractivity contribution >= 4 is 29.3 Å². The number of thioether (sulfide) groups is 1. The van der Waals surface area contributed by atoms with E-state index < -0.39 is 0 Å². The van der Waals surface area contributed by atoms with Gasteiger partial charge < -0.3 is 20.7 Å². The number of primary amides is 1. The van der Waals surface area contributed by atoms with E-state index in [1.165, 1.54) is 16.7 Å². The number of ether oxygens (including phenoxy) is 1. The first kappa shape index (κ1) is 17.8. The minimum Gasteiger partial charge on any atom is -0.369 e. The predicted molar refractivity (Wildman–Crippen MR) is 90.6 cm³/mol. The van der Waals surface area contributed by atoms with Crippen molar-refractivity contribution in [3.05, 3.63) is 24.3 Å². The molecule has 0 unspecified atom stereocenters. The molecule has 1 heterocycles. The second-order valence-electron chi connectivity index (χ2n) is 5.89. The first-order valence-electron chi connectivity index (χ1n) is 7.73. The van der Waals surface area contributed by atoms with Gasteiger partial charge in [0.2, 0.25) is 5.91 Å². The Morgan fingerprint density at radius 1 is 1.30 bits per heavy atom. The van der Waals surface area contributed by atoms with Crippen molar-refractivity contribution in [2.45, 2.75) is 31.0 Å². The third-order valence-electron chi connectivity index (χ3n) is 3.56. The number of amides is 2. The van der Waals surface area contributed by atoms with E-state index in [-0.39, 0.29) is 29.8 Å². The van der Waals surface area contributed by atoms with Crippen LogP contribution in [0.2, 0.25) is 0 Å². The normalized spacial score (nSPS) is 24.2. The summed E-state index contributed by atoms with van der Waals surface area (Å²) in [5.41, 5.74) is 5.90. The summed E-state index contributed by atoms with van der Waals surface area (Å²) in [5, 5.41) is 2.94. The molecule has 1 aliphatic heterocycles. The molecule has 0 spiro atoms. The molecule has 6 nitrogen and oxygen atoms in total. The molecular formula is C16H24N3O3S+. The molecule has 0 aromatic heterocycles. The summed E-state index contributed by atoms with van der Waals surface area (Å²) in [6.45, 7) is 6.13. The van der Waals surface area contributed by atoms with Crippen LogP contribution in [-0.2, 0) is 14.3 Å². The highest BCUT2D eigenvalue weighted by atomic mass is 32.2. The summed E-state index contributed by atoms with van der Waals surface area (Å²) in [6.07, 6.45) is 0.333. The Labute approximate surface area is 140 Å². The van der Waals surface area contributed by atoms with Gasteiger partial charge in [0.1, 0.15) is 25.3 Å². The maximum absolute atomic E-state index is 12.3. The zero-order chi connectivity index (χ0) is 16.8. The second-order valence-corrected chi connectivity index (χ2v) is 6.91. The Hall–Kier alpha value is -1.57. The van der Waals surface area contributed by atoms with Crippen LogP contribution in [0, 0.1) is 0 Å². The summed E-state index contributed by atoms with van der Waals surface area (Å²) in [7, 11) is 0. The first-order chi connectivity index (χ1) is 10.9. The molecule has 23 heavy (non-hydrogen) atoms. The highest BCUT2D eigenvalue weighted by Gasteiger charge is 2.27. The monoisotopic (exact) mass is 338 g/mol. The molecule has 0 bridgehead atoms. The highest BCUT2D eigenvalue weighted by molar-refractivity contribution is 8.00. The Morgan fingerprint density at radius 2 is 1.96 bits per heavy atom. The SMILES string of the molecule is C[C@H]1C[NH+](CC(=O)Nc2ccccc2SCC(N)=O)C[C@H](C)O1. The topological polar surface area (TPSA) is 85.9 Å². The standard InChI is InChI=1S/C16H23N3O3S/c1-11-7-19(8-12(2)22-11)9-16(21)18-13-5-3-4-6-14(13)23-10-15(17)20/h3-6,11-12H,7-10H2,1-2H3,(H2,17,20)(H,18,21)/p+1/t11-,12-/m0/s1. The van der Waals surface area contributed by atoms with Gasteiger partial charge in [0, 0.05) is 4.90 Å². The number of nitrogens with two attached hydrogens (primary N) is 1. The third-order valence-corrected chi connectivity index (χ3v) is 4.65. The fourth-order valence-electron chi connectivity index (χ4n) is 2.80. The van der Waals surface area contributed by atoms with Crippen LogP contribution in [0.4, 0.5) is 5.69 Å². The van der Waals surface area contributed by atoms with Crippen molar-refractivity contribution < 1.29 is 19.2 Å². The summed E-state index contributed by atoms with van der Waals surface area (Å²) in [5.74, 6) is -0.221. The fraction of sp³-hybridized carbons (Fsp3) is 0.500. The first-order valence-corrected chi connectivity index (χ1v) is 8.71. The van der Waals surface area contributed by atoms with E-state index in [2.05, 4.69) is 5.32 Å². The van der Waals surface area contributed by atoms with Gasteiger partial charge in [-0.15, -0.1) is 11.8 Å². The molecule has 1 aromatic rings. The quantitative estimate of drug-likeness (QED) is 0.632. The Kier molecular flexibility index (Phi) is 6.44. The van der Waals surface area contributed by atoms with Crippen LogP contribution in [0.5, 0.6) is 0 Å². The van der Waals surface area contributed by atoms with E-state index in [9.17, 15) is 9.59 Å². The summed E-state index contributed by atoms with van der Waals surface area (Å²) >= 11 is 1.33. The zero-order valence-corrected chi connectivity index (χ0v) is 14.3. The maximum Gasteiger partial charge on any atom is 0.279 e. The van der Waals surface area contributed by atoms with Crippen LogP contribution >= 0.6 is 11.8 Å². The molecule has 126 valence electrons. The van der Waals surface area contributed by atoms with E-state index in [4.69, 9.17) is 10.5 Å².